The van der Waals surface area contributed by atoms with Crippen LogP contribution in [0.5, 0.6) is 0 Å². The van der Waals surface area contributed by atoms with E-state index in [9.17, 15) is 4.79 Å². The van der Waals surface area contributed by atoms with Gasteiger partial charge in [-0.25, -0.2) is 10.1 Å². The quantitative estimate of drug-likeness (QED) is 0.703. The highest BCUT2D eigenvalue weighted by atomic mass is 16.6. The van der Waals surface area contributed by atoms with E-state index in [4.69, 9.17) is 19.2 Å². The first-order chi connectivity index (χ1) is 9.24. The van der Waals surface area contributed by atoms with Crippen LogP contribution in [0, 0.1) is 0 Å². The van der Waals surface area contributed by atoms with E-state index in [0.717, 1.165) is 0 Å². The van der Waals surface area contributed by atoms with Crippen LogP contribution in [0.15, 0.2) is 22.6 Å². The molecule has 0 fully saturated rings. The summed E-state index contributed by atoms with van der Waals surface area (Å²) in [5.41, 5.74) is 0.476. The Morgan fingerprint density at radius 2 is 2.10 bits per heavy atom. The van der Waals surface area contributed by atoms with Crippen molar-refractivity contribution in [2.24, 2.45) is 0 Å². The summed E-state index contributed by atoms with van der Waals surface area (Å²) in [6.45, 7) is 5.23. The molecule has 0 unspecified atom stereocenters. The number of oxazole rings is 1. The molecule has 7 nitrogen and oxygen atoms in total. The van der Waals surface area contributed by atoms with Gasteiger partial charge in [0, 0.05) is 0 Å². The van der Waals surface area contributed by atoms with Gasteiger partial charge in [-0.3, -0.25) is 0 Å². The molecule has 106 valence electrons. The number of nitrogens with zero attached hydrogens (tertiary/aromatic N) is 1. The van der Waals surface area contributed by atoms with Crippen molar-refractivity contribution in [1.29, 1.82) is 0 Å². The minimum Gasteiger partial charge on any atom is -0.443 e. The Balaban J connectivity index is 2.18. The Morgan fingerprint density at radius 3 is 2.70 bits per heavy atom. The van der Waals surface area contributed by atoms with E-state index in [1.165, 1.54) is 12.1 Å². The van der Waals surface area contributed by atoms with Crippen molar-refractivity contribution in [1.82, 2.24) is 4.98 Å². The Bertz CT molecular complexity index is 632. The number of carbonyl (C=O) groups is 1. The van der Waals surface area contributed by atoms with E-state index in [2.05, 4.69) is 10.3 Å². The Morgan fingerprint density at radius 1 is 1.40 bits per heavy atom. The molecule has 0 aliphatic heterocycles. The van der Waals surface area contributed by atoms with Gasteiger partial charge in [-0.05, 0) is 38.4 Å². The lowest BCUT2D eigenvalue weighted by Crippen LogP contribution is -2.29. The summed E-state index contributed by atoms with van der Waals surface area (Å²) < 4.78 is 10.4. The van der Waals surface area contributed by atoms with Gasteiger partial charge in [0.15, 0.2) is 5.58 Å². The lowest BCUT2D eigenvalue weighted by atomic mass is 9.80. The van der Waals surface area contributed by atoms with Crippen molar-refractivity contribution in [3.8, 4) is 0 Å². The second kappa shape index (κ2) is 5.14. The van der Waals surface area contributed by atoms with Gasteiger partial charge in [0.05, 0.1) is 0 Å². The number of ether oxygens (including phenoxy) is 1. The number of hydrogen-bond donors (Lipinski definition) is 3. The van der Waals surface area contributed by atoms with Crippen LogP contribution in [0.3, 0.4) is 0 Å². The number of nitrogens with one attached hydrogen (secondary N) is 1. The molecule has 0 spiro atoms. The van der Waals surface area contributed by atoms with E-state index >= 15 is 0 Å². The normalized spacial score (nSPS) is 11.4. The Labute approximate surface area is 115 Å². The third-order valence-corrected chi connectivity index (χ3v) is 2.32. The summed E-state index contributed by atoms with van der Waals surface area (Å²) in [6.07, 6.45) is -0.675. The molecule has 1 heterocycles. The summed E-state index contributed by atoms with van der Waals surface area (Å²) in [4.78, 5) is 15.6. The fraction of sp³-hybridized carbons (Fsp3) is 0.333. The minimum atomic E-state index is -1.59. The highest BCUT2D eigenvalue weighted by Crippen LogP contribution is 2.18. The molecule has 0 radical (unpaired) electrons. The molecule has 1 aromatic carbocycles. The van der Waals surface area contributed by atoms with Crippen LogP contribution in [0.4, 0.5) is 10.8 Å². The van der Waals surface area contributed by atoms with Crippen LogP contribution >= 0.6 is 0 Å². The molecule has 0 saturated heterocycles. The van der Waals surface area contributed by atoms with Gasteiger partial charge in [0.1, 0.15) is 11.1 Å². The standard InChI is InChI=1S/C12H15BN2O5/c1-12(2,3)20-11(16)15-10-14-8-5-4-7(13(17)18)6-9(8)19-10/h4-6,17-18H,1-3H3,(H,14,15,16). The first-order valence-corrected chi connectivity index (χ1v) is 6.01. The maximum atomic E-state index is 11.6. The van der Waals surface area contributed by atoms with Crippen LogP contribution in [0.25, 0.3) is 11.1 Å². The minimum absolute atomic E-state index is 0.0150. The van der Waals surface area contributed by atoms with Crippen molar-refractivity contribution in [3.63, 3.8) is 0 Å². The summed E-state index contributed by atoms with van der Waals surface area (Å²) in [7, 11) is -1.59. The van der Waals surface area contributed by atoms with Crippen LogP contribution in [0.1, 0.15) is 20.8 Å². The summed E-state index contributed by atoms with van der Waals surface area (Å²) in [6, 6.07) is 4.49. The molecule has 0 atom stereocenters. The first kappa shape index (κ1) is 14.4. The second-order valence-electron chi connectivity index (χ2n) is 5.25. The number of amides is 1. The maximum absolute atomic E-state index is 11.6. The molecule has 8 heteroatoms. The fourth-order valence-electron chi connectivity index (χ4n) is 1.55. The molecule has 0 bridgehead atoms. The van der Waals surface area contributed by atoms with Crippen LogP contribution in [-0.2, 0) is 4.74 Å². The Hall–Kier alpha value is -2.06. The van der Waals surface area contributed by atoms with Gasteiger partial charge < -0.3 is 19.2 Å². The highest BCUT2D eigenvalue weighted by molar-refractivity contribution is 6.58. The van der Waals surface area contributed by atoms with Gasteiger partial charge in [0.25, 0.3) is 0 Å². The number of rotatable bonds is 2. The average molecular weight is 278 g/mol. The zero-order valence-corrected chi connectivity index (χ0v) is 11.4. The van der Waals surface area contributed by atoms with E-state index in [1.807, 2.05) is 0 Å². The van der Waals surface area contributed by atoms with E-state index in [-0.39, 0.29) is 11.5 Å². The molecular formula is C12H15BN2O5. The average Bonchev–Trinajstić information content (AvgIpc) is 2.66. The smallest absolute Gasteiger partial charge is 0.443 e. The Kier molecular flexibility index (Phi) is 3.69. The van der Waals surface area contributed by atoms with Gasteiger partial charge in [0.2, 0.25) is 0 Å². The molecule has 0 aliphatic carbocycles. The zero-order chi connectivity index (χ0) is 14.9. The van der Waals surface area contributed by atoms with Gasteiger partial charge in [-0.15, -0.1) is 0 Å². The zero-order valence-electron chi connectivity index (χ0n) is 11.4. The number of benzene rings is 1. The molecule has 3 N–H and O–H groups in total. The molecule has 1 aromatic heterocycles. The molecular weight excluding hydrogens is 263 g/mol. The van der Waals surface area contributed by atoms with Gasteiger partial charge in [-0.1, -0.05) is 6.07 Å². The highest BCUT2D eigenvalue weighted by Gasteiger charge is 2.19. The first-order valence-electron chi connectivity index (χ1n) is 6.01. The molecule has 2 rings (SSSR count). The maximum Gasteiger partial charge on any atom is 0.488 e. The topological polar surface area (TPSA) is 105 Å². The number of anilines is 1. The number of hydrogen-bond acceptors (Lipinski definition) is 6. The van der Waals surface area contributed by atoms with E-state index in [0.29, 0.717) is 11.1 Å². The number of fused-ring (bicyclic) bond motifs is 1. The summed E-state index contributed by atoms with van der Waals surface area (Å²) >= 11 is 0. The predicted molar refractivity (Wildman–Crippen MR) is 73.7 cm³/mol. The van der Waals surface area contributed by atoms with Gasteiger partial charge in [-0.2, -0.15) is 4.98 Å². The molecule has 2 aromatic rings. The van der Waals surface area contributed by atoms with Crippen molar-refractivity contribution in [3.05, 3.63) is 18.2 Å². The number of aromatic nitrogens is 1. The van der Waals surface area contributed by atoms with E-state index < -0.39 is 18.8 Å². The predicted octanol–water partition coefficient (Wildman–Crippen LogP) is 0.855. The molecule has 0 aliphatic rings. The van der Waals surface area contributed by atoms with Crippen LogP contribution in [-0.4, -0.2) is 33.8 Å². The molecule has 0 saturated carbocycles. The van der Waals surface area contributed by atoms with Gasteiger partial charge >= 0.3 is 19.2 Å². The van der Waals surface area contributed by atoms with Crippen molar-refractivity contribution >= 4 is 35.8 Å². The lowest BCUT2D eigenvalue weighted by molar-refractivity contribution is 0.0632. The second-order valence-corrected chi connectivity index (χ2v) is 5.25. The third kappa shape index (κ3) is 3.49. The monoisotopic (exact) mass is 278 g/mol. The summed E-state index contributed by atoms with van der Waals surface area (Å²) in [5.74, 6) is 0. The summed E-state index contributed by atoms with van der Waals surface area (Å²) in [5, 5.41) is 20.5. The van der Waals surface area contributed by atoms with Crippen LogP contribution < -0.4 is 10.8 Å². The molecule has 1 amide bonds. The largest absolute Gasteiger partial charge is 0.488 e. The van der Waals surface area contributed by atoms with Crippen molar-refractivity contribution in [2.45, 2.75) is 26.4 Å². The van der Waals surface area contributed by atoms with Crippen molar-refractivity contribution in [2.75, 3.05) is 5.32 Å². The fourth-order valence-corrected chi connectivity index (χ4v) is 1.55. The van der Waals surface area contributed by atoms with Crippen molar-refractivity contribution < 1.29 is 24.0 Å². The third-order valence-electron chi connectivity index (χ3n) is 2.32. The van der Waals surface area contributed by atoms with E-state index in [1.54, 1.807) is 26.8 Å². The SMILES string of the molecule is CC(C)(C)OC(=O)Nc1nc2ccc(B(O)O)cc2o1. The molecule has 20 heavy (non-hydrogen) atoms. The number of carbonyl (C=O) groups excluding carboxylic acids is 1. The van der Waals surface area contributed by atoms with Crippen LogP contribution in [0.2, 0.25) is 0 Å². The lowest BCUT2D eigenvalue weighted by Gasteiger charge is -2.18.